The van der Waals surface area contributed by atoms with Crippen LogP contribution in [-0.2, 0) is 6.54 Å². The molecule has 0 amide bonds. The lowest BCUT2D eigenvalue weighted by Gasteiger charge is -2.30. The van der Waals surface area contributed by atoms with Crippen molar-refractivity contribution in [3.63, 3.8) is 0 Å². The SMILES string of the molecule is CCn1ccnc1N1CCCC(Cl)C1. The topological polar surface area (TPSA) is 21.1 Å². The summed E-state index contributed by atoms with van der Waals surface area (Å²) in [6.45, 7) is 5.12. The Labute approximate surface area is 89.7 Å². The predicted octanol–water partition coefficient (Wildman–Crippen LogP) is 2.11. The number of anilines is 1. The number of nitrogens with zero attached hydrogens (tertiary/aromatic N) is 3. The number of piperidine rings is 1. The van der Waals surface area contributed by atoms with E-state index in [-0.39, 0.29) is 5.38 Å². The maximum Gasteiger partial charge on any atom is 0.205 e. The Morgan fingerprint density at radius 1 is 1.64 bits per heavy atom. The molecule has 1 aromatic heterocycles. The molecule has 2 heterocycles. The summed E-state index contributed by atoms with van der Waals surface area (Å²) < 4.78 is 2.16. The molecule has 0 aliphatic carbocycles. The minimum absolute atomic E-state index is 0.283. The summed E-state index contributed by atoms with van der Waals surface area (Å²) in [7, 11) is 0. The number of aromatic nitrogens is 2. The Bertz CT molecular complexity index is 297. The molecule has 1 fully saturated rings. The van der Waals surface area contributed by atoms with Crippen molar-refractivity contribution in [3.8, 4) is 0 Å². The number of hydrogen-bond donors (Lipinski definition) is 0. The molecule has 0 saturated carbocycles. The average molecular weight is 214 g/mol. The Balaban J connectivity index is 2.13. The second kappa shape index (κ2) is 4.22. The highest BCUT2D eigenvalue weighted by Crippen LogP contribution is 2.20. The lowest BCUT2D eigenvalue weighted by atomic mass is 10.1. The van der Waals surface area contributed by atoms with Crippen LogP contribution in [0.5, 0.6) is 0 Å². The summed E-state index contributed by atoms with van der Waals surface area (Å²) in [6.07, 6.45) is 6.18. The van der Waals surface area contributed by atoms with Crippen LogP contribution in [0.25, 0.3) is 0 Å². The molecule has 14 heavy (non-hydrogen) atoms. The molecule has 1 atom stereocenters. The summed E-state index contributed by atoms with van der Waals surface area (Å²) >= 11 is 6.15. The standard InChI is InChI=1S/C10H16ClN3/c1-2-13-7-5-12-10(13)14-6-3-4-9(11)8-14/h5,7,9H,2-4,6,8H2,1H3. The Kier molecular flexibility index (Phi) is 2.96. The Morgan fingerprint density at radius 3 is 3.21 bits per heavy atom. The molecule has 3 nitrogen and oxygen atoms in total. The van der Waals surface area contributed by atoms with Gasteiger partial charge in [0.25, 0.3) is 0 Å². The molecule has 0 aromatic carbocycles. The number of rotatable bonds is 2. The second-order valence-electron chi connectivity index (χ2n) is 3.70. The van der Waals surface area contributed by atoms with E-state index in [0.29, 0.717) is 0 Å². The van der Waals surface area contributed by atoms with Crippen molar-refractivity contribution in [1.29, 1.82) is 0 Å². The summed E-state index contributed by atoms with van der Waals surface area (Å²) in [4.78, 5) is 6.66. The van der Waals surface area contributed by atoms with E-state index < -0.39 is 0 Å². The zero-order valence-corrected chi connectivity index (χ0v) is 9.24. The molecule has 1 aliphatic rings. The van der Waals surface area contributed by atoms with Gasteiger partial charge in [-0.3, -0.25) is 0 Å². The van der Waals surface area contributed by atoms with Gasteiger partial charge < -0.3 is 9.47 Å². The Morgan fingerprint density at radius 2 is 2.50 bits per heavy atom. The van der Waals surface area contributed by atoms with Gasteiger partial charge in [-0.2, -0.15) is 0 Å². The molecule has 1 aromatic rings. The lowest BCUT2D eigenvalue weighted by molar-refractivity contribution is 0.562. The molecular weight excluding hydrogens is 198 g/mol. The van der Waals surface area contributed by atoms with Crippen molar-refractivity contribution in [2.24, 2.45) is 0 Å². The van der Waals surface area contributed by atoms with Gasteiger partial charge in [0, 0.05) is 32.0 Å². The van der Waals surface area contributed by atoms with Crippen molar-refractivity contribution < 1.29 is 0 Å². The number of aryl methyl sites for hydroxylation is 1. The lowest BCUT2D eigenvalue weighted by Crippen LogP contribution is -2.37. The van der Waals surface area contributed by atoms with Gasteiger partial charge in [-0.1, -0.05) is 0 Å². The third-order valence-electron chi connectivity index (χ3n) is 2.68. The van der Waals surface area contributed by atoms with E-state index in [2.05, 4.69) is 21.4 Å². The van der Waals surface area contributed by atoms with Crippen molar-refractivity contribution >= 4 is 17.5 Å². The summed E-state index contributed by atoms with van der Waals surface area (Å²) in [5.41, 5.74) is 0. The minimum Gasteiger partial charge on any atom is -0.341 e. The first-order valence-corrected chi connectivity index (χ1v) is 5.65. The van der Waals surface area contributed by atoms with Crippen molar-refractivity contribution in [2.45, 2.75) is 31.7 Å². The van der Waals surface area contributed by atoms with Crippen LogP contribution >= 0.6 is 11.6 Å². The highest BCUT2D eigenvalue weighted by atomic mass is 35.5. The average Bonchev–Trinajstić information content (AvgIpc) is 2.65. The van der Waals surface area contributed by atoms with Crippen LogP contribution in [0.15, 0.2) is 12.4 Å². The van der Waals surface area contributed by atoms with Gasteiger partial charge in [-0.05, 0) is 19.8 Å². The molecule has 1 aliphatic heterocycles. The normalized spacial score (nSPS) is 22.7. The summed E-state index contributed by atoms with van der Waals surface area (Å²) in [5, 5.41) is 0.283. The number of alkyl halides is 1. The molecule has 0 N–H and O–H groups in total. The van der Waals surface area contributed by atoms with Crippen molar-refractivity contribution in [3.05, 3.63) is 12.4 Å². The third kappa shape index (κ3) is 1.87. The van der Waals surface area contributed by atoms with Gasteiger partial charge in [0.1, 0.15) is 0 Å². The molecular formula is C10H16ClN3. The first kappa shape index (κ1) is 9.84. The smallest absolute Gasteiger partial charge is 0.205 e. The third-order valence-corrected chi connectivity index (χ3v) is 3.04. The fourth-order valence-corrected chi connectivity index (χ4v) is 2.26. The largest absolute Gasteiger partial charge is 0.341 e. The first-order valence-electron chi connectivity index (χ1n) is 5.21. The predicted molar refractivity (Wildman–Crippen MR) is 59.0 cm³/mol. The quantitative estimate of drug-likeness (QED) is 0.702. The number of hydrogen-bond acceptors (Lipinski definition) is 2. The molecule has 1 saturated heterocycles. The van der Waals surface area contributed by atoms with Crippen LogP contribution in [0.2, 0.25) is 0 Å². The molecule has 78 valence electrons. The van der Waals surface area contributed by atoms with Crippen LogP contribution in [0.1, 0.15) is 19.8 Å². The van der Waals surface area contributed by atoms with Crippen LogP contribution < -0.4 is 4.90 Å². The zero-order valence-electron chi connectivity index (χ0n) is 8.49. The molecule has 1 unspecified atom stereocenters. The van der Waals surface area contributed by atoms with Gasteiger partial charge >= 0.3 is 0 Å². The highest BCUT2D eigenvalue weighted by molar-refractivity contribution is 6.21. The van der Waals surface area contributed by atoms with Gasteiger partial charge in [0.05, 0.1) is 5.38 Å². The Hall–Kier alpha value is -0.700. The summed E-state index contributed by atoms with van der Waals surface area (Å²) in [5.74, 6) is 1.07. The van der Waals surface area contributed by atoms with Crippen LogP contribution in [0, 0.1) is 0 Å². The second-order valence-corrected chi connectivity index (χ2v) is 4.32. The monoisotopic (exact) mass is 213 g/mol. The van der Waals surface area contributed by atoms with Gasteiger partial charge in [0.15, 0.2) is 0 Å². The van der Waals surface area contributed by atoms with Gasteiger partial charge in [-0.15, -0.1) is 11.6 Å². The van der Waals surface area contributed by atoms with Crippen molar-refractivity contribution in [1.82, 2.24) is 9.55 Å². The van der Waals surface area contributed by atoms with E-state index in [1.807, 2.05) is 12.4 Å². The molecule has 0 radical (unpaired) electrons. The van der Waals surface area contributed by atoms with Gasteiger partial charge in [0.2, 0.25) is 5.95 Å². The molecule has 0 spiro atoms. The van der Waals surface area contributed by atoms with E-state index in [9.17, 15) is 0 Å². The van der Waals surface area contributed by atoms with Crippen LogP contribution in [0.3, 0.4) is 0 Å². The zero-order chi connectivity index (χ0) is 9.97. The maximum atomic E-state index is 6.15. The van der Waals surface area contributed by atoms with Crippen LogP contribution in [-0.4, -0.2) is 28.0 Å². The minimum atomic E-state index is 0.283. The van der Waals surface area contributed by atoms with Crippen LogP contribution in [0.4, 0.5) is 5.95 Å². The van der Waals surface area contributed by atoms with E-state index >= 15 is 0 Å². The maximum absolute atomic E-state index is 6.15. The fraction of sp³-hybridized carbons (Fsp3) is 0.700. The summed E-state index contributed by atoms with van der Waals surface area (Å²) in [6, 6.07) is 0. The number of imidazole rings is 1. The first-order chi connectivity index (χ1) is 6.81. The molecule has 4 heteroatoms. The van der Waals surface area contributed by atoms with Gasteiger partial charge in [-0.25, -0.2) is 4.98 Å². The van der Waals surface area contributed by atoms with E-state index in [1.165, 1.54) is 6.42 Å². The highest BCUT2D eigenvalue weighted by Gasteiger charge is 2.20. The van der Waals surface area contributed by atoms with E-state index in [4.69, 9.17) is 11.6 Å². The van der Waals surface area contributed by atoms with E-state index in [0.717, 1.165) is 32.0 Å². The fourth-order valence-electron chi connectivity index (χ4n) is 1.94. The number of halogens is 1. The van der Waals surface area contributed by atoms with Crippen molar-refractivity contribution in [2.75, 3.05) is 18.0 Å². The molecule has 0 bridgehead atoms. The molecule has 2 rings (SSSR count). The van der Waals surface area contributed by atoms with E-state index in [1.54, 1.807) is 0 Å².